The topological polar surface area (TPSA) is 40.5 Å². The summed E-state index contributed by atoms with van der Waals surface area (Å²) in [7, 11) is -1.49. The van der Waals surface area contributed by atoms with Crippen LogP contribution in [0.2, 0.25) is 0 Å². The van der Waals surface area contributed by atoms with Gasteiger partial charge in [0.1, 0.15) is 0 Å². The molecule has 6 aromatic rings. The maximum atomic E-state index is 9.84. The van der Waals surface area contributed by atoms with E-state index in [1.54, 1.807) is 6.07 Å². The van der Waals surface area contributed by atoms with Crippen LogP contribution in [0.4, 0.5) is 0 Å². The molecule has 0 saturated heterocycles. The first kappa shape index (κ1) is 16.5. The summed E-state index contributed by atoms with van der Waals surface area (Å²) < 4.78 is 0. The molecule has 3 heteroatoms. The van der Waals surface area contributed by atoms with Gasteiger partial charge in [0.2, 0.25) is 0 Å². The van der Waals surface area contributed by atoms with Crippen LogP contribution in [0.3, 0.4) is 0 Å². The molecule has 6 aromatic carbocycles. The summed E-state index contributed by atoms with van der Waals surface area (Å²) in [5.74, 6) is 0. The summed E-state index contributed by atoms with van der Waals surface area (Å²) in [6.45, 7) is 0. The van der Waals surface area contributed by atoms with Crippen LogP contribution >= 0.6 is 0 Å². The highest BCUT2D eigenvalue weighted by molar-refractivity contribution is 6.62. The molecule has 2 N–H and O–H groups in total. The third kappa shape index (κ3) is 2.39. The number of hydrogen-bond acceptors (Lipinski definition) is 2. The van der Waals surface area contributed by atoms with E-state index in [4.69, 9.17) is 0 Å². The second-order valence-electron chi connectivity index (χ2n) is 7.63. The highest BCUT2D eigenvalue weighted by Gasteiger charge is 2.18. The molecule has 29 heavy (non-hydrogen) atoms. The lowest BCUT2D eigenvalue weighted by molar-refractivity contribution is 0.426. The summed E-state index contributed by atoms with van der Waals surface area (Å²) in [4.78, 5) is 0. The van der Waals surface area contributed by atoms with Crippen molar-refractivity contribution < 1.29 is 10.0 Å². The lowest BCUT2D eigenvalue weighted by Crippen LogP contribution is -2.30. The van der Waals surface area contributed by atoms with Gasteiger partial charge in [-0.2, -0.15) is 0 Å². The van der Waals surface area contributed by atoms with Crippen LogP contribution in [0.1, 0.15) is 0 Å². The van der Waals surface area contributed by atoms with Gasteiger partial charge in [-0.25, -0.2) is 0 Å². The Morgan fingerprint density at radius 1 is 0.517 bits per heavy atom. The van der Waals surface area contributed by atoms with Gasteiger partial charge in [0.05, 0.1) is 0 Å². The molecule has 136 valence electrons. The summed E-state index contributed by atoms with van der Waals surface area (Å²) in [5.41, 5.74) is 2.92. The molecular formula is C26H17BO2. The normalized spacial score (nSPS) is 11.8. The quantitative estimate of drug-likeness (QED) is 0.329. The number of rotatable bonds is 2. The first-order valence-corrected chi connectivity index (χ1v) is 9.76. The minimum absolute atomic E-state index is 0.544. The number of fused-ring (bicyclic) bond motifs is 1. The van der Waals surface area contributed by atoms with E-state index < -0.39 is 7.12 Å². The van der Waals surface area contributed by atoms with E-state index in [0.717, 1.165) is 21.5 Å². The fourth-order valence-corrected chi connectivity index (χ4v) is 4.66. The van der Waals surface area contributed by atoms with Gasteiger partial charge < -0.3 is 10.0 Å². The Kier molecular flexibility index (Phi) is 3.45. The van der Waals surface area contributed by atoms with E-state index in [2.05, 4.69) is 72.8 Å². The van der Waals surface area contributed by atoms with Gasteiger partial charge in [0.25, 0.3) is 0 Å². The van der Waals surface area contributed by atoms with Crippen LogP contribution < -0.4 is 5.46 Å². The molecule has 0 amide bonds. The summed E-state index contributed by atoms with van der Waals surface area (Å²) in [6.07, 6.45) is 0. The molecule has 0 bridgehead atoms. The van der Waals surface area contributed by atoms with Gasteiger partial charge in [-0.3, -0.25) is 0 Å². The molecule has 0 radical (unpaired) electrons. The Morgan fingerprint density at radius 2 is 1.14 bits per heavy atom. The van der Waals surface area contributed by atoms with Gasteiger partial charge in [-0.1, -0.05) is 84.9 Å². The third-order valence-electron chi connectivity index (χ3n) is 6.04. The van der Waals surface area contributed by atoms with Gasteiger partial charge >= 0.3 is 7.12 Å². The molecular weight excluding hydrogens is 355 g/mol. The zero-order chi connectivity index (χ0) is 19.5. The highest BCUT2D eigenvalue weighted by Crippen LogP contribution is 2.39. The van der Waals surface area contributed by atoms with Crippen LogP contribution in [-0.2, 0) is 0 Å². The maximum Gasteiger partial charge on any atom is 0.489 e. The van der Waals surface area contributed by atoms with Crippen LogP contribution in [0.5, 0.6) is 0 Å². The molecule has 0 aliphatic rings. The average molecular weight is 372 g/mol. The molecule has 0 aliphatic heterocycles. The fraction of sp³-hybridized carbons (Fsp3) is 0. The van der Waals surface area contributed by atoms with Crippen LogP contribution in [-0.4, -0.2) is 17.2 Å². The average Bonchev–Trinajstić information content (AvgIpc) is 2.76. The van der Waals surface area contributed by atoms with Crippen molar-refractivity contribution in [2.45, 2.75) is 0 Å². The Bertz CT molecular complexity index is 1530. The minimum Gasteiger partial charge on any atom is -0.423 e. The van der Waals surface area contributed by atoms with Crippen molar-refractivity contribution in [2.24, 2.45) is 0 Å². The number of hydrogen-bond donors (Lipinski definition) is 2. The third-order valence-corrected chi connectivity index (χ3v) is 6.04. The second kappa shape index (κ2) is 6.05. The summed E-state index contributed by atoms with van der Waals surface area (Å²) >= 11 is 0. The standard InChI is InChI=1S/C26H17BO2/c28-27(29)24-14-10-18-8-12-22-21(11-7-17-9-13-23(24)26(18)25(17)22)20-6-5-16-3-1-2-4-19(16)15-20/h1-15,28-29H. The zero-order valence-corrected chi connectivity index (χ0v) is 15.6. The van der Waals surface area contributed by atoms with Crippen molar-refractivity contribution >= 4 is 55.7 Å². The smallest absolute Gasteiger partial charge is 0.423 e. The summed E-state index contributed by atoms with van der Waals surface area (Å²) in [5, 5.41) is 28.8. The van der Waals surface area contributed by atoms with Crippen molar-refractivity contribution in [2.75, 3.05) is 0 Å². The lowest BCUT2D eigenvalue weighted by atomic mass is 9.75. The van der Waals surface area contributed by atoms with E-state index in [0.29, 0.717) is 5.46 Å². The largest absolute Gasteiger partial charge is 0.489 e. The van der Waals surface area contributed by atoms with E-state index in [9.17, 15) is 10.0 Å². The van der Waals surface area contributed by atoms with E-state index in [1.807, 2.05) is 12.1 Å². The van der Waals surface area contributed by atoms with Gasteiger partial charge in [0, 0.05) is 0 Å². The predicted molar refractivity (Wildman–Crippen MR) is 123 cm³/mol. The molecule has 0 aromatic heterocycles. The highest BCUT2D eigenvalue weighted by atomic mass is 16.4. The molecule has 6 rings (SSSR count). The zero-order valence-electron chi connectivity index (χ0n) is 15.6. The fourth-order valence-electron chi connectivity index (χ4n) is 4.66. The van der Waals surface area contributed by atoms with E-state index in [-0.39, 0.29) is 0 Å². The van der Waals surface area contributed by atoms with Gasteiger partial charge in [-0.05, 0) is 65.7 Å². The monoisotopic (exact) mass is 372 g/mol. The van der Waals surface area contributed by atoms with E-state index in [1.165, 1.54) is 32.7 Å². The first-order valence-electron chi connectivity index (χ1n) is 9.76. The Morgan fingerprint density at radius 3 is 1.93 bits per heavy atom. The van der Waals surface area contributed by atoms with Gasteiger partial charge in [0.15, 0.2) is 0 Å². The predicted octanol–water partition coefficient (Wildman–Crippen LogP) is 5.08. The molecule has 0 heterocycles. The van der Waals surface area contributed by atoms with Crippen molar-refractivity contribution in [3.05, 3.63) is 91.0 Å². The summed E-state index contributed by atoms with van der Waals surface area (Å²) in [6, 6.07) is 31.5. The molecule has 2 nitrogen and oxygen atoms in total. The Labute approximate surface area is 168 Å². The van der Waals surface area contributed by atoms with Crippen LogP contribution in [0.25, 0.3) is 54.2 Å². The lowest BCUT2D eigenvalue weighted by Gasteiger charge is -2.16. The van der Waals surface area contributed by atoms with Crippen molar-refractivity contribution in [1.29, 1.82) is 0 Å². The molecule has 0 atom stereocenters. The van der Waals surface area contributed by atoms with Crippen molar-refractivity contribution in [3.63, 3.8) is 0 Å². The number of benzene rings is 6. The molecule has 0 unspecified atom stereocenters. The van der Waals surface area contributed by atoms with E-state index >= 15 is 0 Å². The molecule has 0 saturated carbocycles. The maximum absolute atomic E-state index is 9.84. The Hall–Kier alpha value is -3.40. The SMILES string of the molecule is OB(O)c1ccc2ccc3c(-c4ccc5ccccc5c4)ccc4ccc1c2c43. The second-order valence-corrected chi connectivity index (χ2v) is 7.63. The minimum atomic E-state index is -1.49. The molecule has 0 spiro atoms. The van der Waals surface area contributed by atoms with Gasteiger partial charge in [-0.15, -0.1) is 0 Å². The molecule has 0 aliphatic carbocycles. The molecule has 0 fully saturated rings. The first-order chi connectivity index (χ1) is 14.2. The Balaban J connectivity index is 1.73. The van der Waals surface area contributed by atoms with Crippen LogP contribution in [0.15, 0.2) is 91.0 Å². The van der Waals surface area contributed by atoms with Crippen molar-refractivity contribution in [3.8, 4) is 11.1 Å². The van der Waals surface area contributed by atoms with Crippen LogP contribution in [0, 0.1) is 0 Å². The van der Waals surface area contributed by atoms with Crippen molar-refractivity contribution in [1.82, 2.24) is 0 Å².